The zero-order valence-corrected chi connectivity index (χ0v) is 9.91. The quantitative estimate of drug-likeness (QED) is 0.615. The molecule has 0 saturated carbocycles. The summed E-state index contributed by atoms with van der Waals surface area (Å²) in [6, 6.07) is 5.32. The fourth-order valence-electron chi connectivity index (χ4n) is 1.20. The van der Waals surface area contributed by atoms with E-state index < -0.39 is 0 Å². The summed E-state index contributed by atoms with van der Waals surface area (Å²) in [7, 11) is 1.57. The van der Waals surface area contributed by atoms with Crippen molar-refractivity contribution in [2.45, 2.75) is 6.61 Å². The molecule has 88 valence electrons. The van der Waals surface area contributed by atoms with E-state index in [0.29, 0.717) is 24.0 Å². The zero-order valence-electron chi connectivity index (χ0n) is 9.15. The number of allylic oxidation sites excluding steroid dienone is 1. The van der Waals surface area contributed by atoms with Crippen LogP contribution < -0.4 is 9.47 Å². The van der Waals surface area contributed by atoms with Crippen molar-refractivity contribution in [3.8, 4) is 11.5 Å². The highest BCUT2D eigenvalue weighted by molar-refractivity contribution is 6.18. The molecule has 0 aliphatic rings. The van der Waals surface area contributed by atoms with Gasteiger partial charge in [0, 0.05) is 5.88 Å². The molecule has 0 amide bonds. The first-order chi connectivity index (χ1) is 7.81. The molecule has 1 aromatic rings. The number of methoxy groups -OCH3 is 1. The summed E-state index contributed by atoms with van der Waals surface area (Å²) >= 11 is 5.49. The van der Waals surface area contributed by atoms with Gasteiger partial charge in [-0.1, -0.05) is 18.2 Å². The molecule has 0 aromatic heterocycles. The average molecular weight is 243 g/mol. The number of aliphatic hydroxyl groups is 1. The summed E-state index contributed by atoms with van der Waals surface area (Å²) in [5.74, 6) is 1.74. The lowest BCUT2D eigenvalue weighted by atomic mass is 10.2. The van der Waals surface area contributed by atoms with E-state index in [-0.39, 0.29) is 6.61 Å². The predicted molar refractivity (Wildman–Crippen MR) is 64.3 cm³/mol. The lowest BCUT2D eigenvalue weighted by Gasteiger charge is -2.10. The average Bonchev–Trinajstić information content (AvgIpc) is 2.34. The Hall–Kier alpha value is -1.19. The van der Waals surface area contributed by atoms with Crippen molar-refractivity contribution in [2.75, 3.05) is 19.6 Å². The molecule has 1 rings (SSSR count). The van der Waals surface area contributed by atoms with Crippen molar-refractivity contribution in [3.05, 3.63) is 35.9 Å². The van der Waals surface area contributed by atoms with Crippen molar-refractivity contribution in [3.63, 3.8) is 0 Å². The molecule has 0 bridgehead atoms. The second-order valence-corrected chi connectivity index (χ2v) is 3.39. The van der Waals surface area contributed by atoms with E-state index >= 15 is 0 Å². The van der Waals surface area contributed by atoms with E-state index in [2.05, 4.69) is 0 Å². The van der Waals surface area contributed by atoms with Gasteiger partial charge >= 0.3 is 0 Å². The van der Waals surface area contributed by atoms with Crippen molar-refractivity contribution < 1.29 is 14.6 Å². The van der Waals surface area contributed by atoms with Crippen LogP contribution in [0.2, 0.25) is 0 Å². The maximum Gasteiger partial charge on any atom is 0.161 e. The van der Waals surface area contributed by atoms with Crippen LogP contribution in [0.1, 0.15) is 5.56 Å². The molecule has 0 aliphatic heterocycles. The first kappa shape index (κ1) is 12.9. The molecular weight excluding hydrogens is 228 g/mol. The van der Waals surface area contributed by atoms with Gasteiger partial charge in [-0.15, -0.1) is 11.6 Å². The largest absolute Gasteiger partial charge is 0.493 e. The Labute approximate surface area is 100 Å². The number of hydrogen-bond acceptors (Lipinski definition) is 3. The zero-order chi connectivity index (χ0) is 11.8. The molecule has 1 N–H and O–H groups in total. The van der Waals surface area contributed by atoms with Gasteiger partial charge in [-0.05, 0) is 17.7 Å². The summed E-state index contributed by atoms with van der Waals surface area (Å²) in [6.07, 6.45) is 3.66. The highest BCUT2D eigenvalue weighted by atomic mass is 35.5. The first-order valence-electron chi connectivity index (χ1n) is 4.93. The first-order valence-corrected chi connectivity index (χ1v) is 5.46. The van der Waals surface area contributed by atoms with Crippen LogP contribution in [-0.4, -0.2) is 24.7 Å². The number of alkyl halides is 1. The Kier molecular flexibility index (Phi) is 5.75. The fourth-order valence-corrected chi connectivity index (χ4v) is 1.32. The molecule has 4 heteroatoms. The van der Waals surface area contributed by atoms with Crippen LogP contribution >= 0.6 is 11.6 Å². The normalized spacial score (nSPS) is 10.7. The maximum absolute atomic E-state index is 8.97. The fraction of sp³-hybridized carbons (Fsp3) is 0.333. The molecule has 3 nitrogen and oxygen atoms in total. The van der Waals surface area contributed by atoms with Gasteiger partial charge in [0.15, 0.2) is 11.5 Å². The van der Waals surface area contributed by atoms with E-state index in [1.807, 2.05) is 12.2 Å². The lowest BCUT2D eigenvalue weighted by Crippen LogP contribution is -1.97. The highest BCUT2D eigenvalue weighted by Gasteiger charge is 2.04. The summed E-state index contributed by atoms with van der Waals surface area (Å²) < 4.78 is 10.6. The predicted octanol–water partition coefficient (Wildman–Crippen LogP) is 2.36. The van der Waals surface area contributed by atoms with Crippen molar-refractivity contribution in [1.82, 2.24) is 0 Å². The molecular formula is C12H15ClO3. The Morgan fingerprint density at radius 3 is 2.75 bits per heavy atom. The lowest BCUT2D eigenvalue weighted by molar-refractivity contribution is 0.279. The molecule has 0 heterocycles. The van der Waals surface area contributed by atoms with Crippen LogP contribution in [0, 0.1) is 0 Å². The van der Waals surface area contributed by atoms with Gasteiger partial charge in [0.05, 0.1) is 13.7 Å². The monoisotopic (exact) mass is 242 g/mol. The van der Waals surface area contributed by atoms with Crippen molar-refractivity contribution in [1.29, 1.82) is 0 Å². The van der Waals surface area contributed by atoms with Crippen LogP contribution in [0.5, 0.6) is 11.5 Å². The van der Waals surface area contributed by atoms with Crippen molar-refractivity contribution in [2.24, 2.45) is 0 Å². The second-order valence-electron chi connectivity index (χ2n) is 3.08. The molecule has 0 spiro atoms. The van der Waals surface area contributed by atoms with Crippen LogP contribution in [0.3, 0.4) is 0 Å². The standard InChI is InChI=1S/C12H15ClO3/c1-15-12-8-10(9-14)4-5-11(12)16-7-3-2-6-13/h2-5,8,14H,6-7,9H2,1H3/b3-2+. The van der Waals surface area contributed by atoms with Crippen LogP contribution in [0.25, 0.3) is 0 Å². The third-order valence-electron chi connectivity index (χ3n) is 2.00. The van der Waals surface area contributed by atoms with E-state index in [1.165, 1.54) is 0 Å². The molecule has 0 saturated heterocycles. The SMILES string of the molecule is COc1cc(CO)ccc1OC/C=C/CCl. The minimum Gasteiger partial charge on any atom is -0.493 e. The number of halogens is 1. The van der Waals surface area contributed by atoms with Crippen molar-refractivity contribution >= 4 is 11.6 Å². The summed E-state index contributed by atoms with van der Waals surface area (Å²) in [5, 5.41) is 8.97. The van der Waals surface area contributed by atoms with Crippen LogP contribution in [0.4, 0.5) is 0 Å². The van der Waals surface area contributed by atoms with Gasteiger partial charge < -0.3 is 14.6 Å². The second kappa shape index (κ2) is 7.14. The van der Waals surface area contributed by atoms with Gasteiger partial charge in [-0.3, -0.25) is 0 Å². The smallest absolute Gasteiger partial charge is 0.161 e. The molecule has 0 aliphatic carbocycles. The van der Waals surface area contributed by atoms with E-state index in [9.17, 15) is 0 Å². The van der Waals surface area contributed by atoms with E-state index in [4.69, 9.17) is 26.2 Å². The topological polar surface area (TPSA) is 38.7 Å². The Bertz CT molecular complexity index is 350. The van der Waals surface area contributed by atoms with Gasteiger partial charge in [0.1, 0.15) is 6.61 Å². The number of benzene rings is 1. The molecule has 0 atom stereocenters. The van der Waals surface area contributed by atoms with Crippen LogP contribution in [-0.2, 0) is 6.61 Å². The number of hydrogen-bond donors (Lipinski definition) is 1. The minimum absolute atomic E-state index is 0.0111. The number of aliphatic hydroxyl groups excluding tert-OH is 1. The molecule has 0 fully saturated rings. The van der Waals surface area contributed by atoms with Gasteiger partial charge in [-0.25, -0.2) is 0 Å². The summed E-state index contributed by atoms with van der Waals surface area (Å²) in [4.78, 5) is 0. The highest BCUT2D eigenvalue weighted by Crippen LogP contribution is 2.27. The van der Waals surface area contributed by atoms with E-state index in [1.54, 1.807) is 25.3 Å². The van der Waals surface area contributed by atoms with E-state index in [0.717, 1.165) is 5.56 Å². The Balaban J connectivity index is 2.68. The molecule has 0 unspecified atom stereocenters. The third kappa shape index (κ3) is 3.76. The van der Waals surface area contributed by atoms with Crippen LogP contribution in [0.15, 0.2) is 30.4 Å². The Morgan fingerprint density at radius 2 is 2.12 bits per heavy atom. The minimum atomic E-state index is -0.0111. The van der Waals surface area contributed by atoms with Gasteiger partial charge in [0.2, 0.25) is 0 Å². The molecule has 1 aromatic carbocycles. The number of ether oxygens (including phenoxy) is 2. The van der Waals surface area contributed by atoms with Gasteiger partial charge in [0.25, 0.3) is 0 Å². The summed E-state index contributed by atoms with van der Waals surface area (Å²) in [5.41, 5.74) is 0.792. The molecule has 16 heavy (non-hydrogen) atoms. The molecule has 0 radical (unpaired) electrons. The maximum atomic E-state index is 8.97. The Morgan fingerprint density at radius 1 is 1.31 bits per heavy atom. The number of rotatable bonds is 6. The summed E-state index contributed by atoms with van der Waals surface area (Å²) in [6.45, 7) is 0.435. The van der Waals surface area contributed by atoms with Gasteiger partial charge in [-0.2, -0.15) is 0 Å². The third-order valence-corrected chi connectivity index (χ3v) is 2.18.